The fourth-order valence-corrected chi connectivity index (χ4v) is 4.30. The molecule has 2 aliphatic rings. The molecule has 0 aromatic heterocycles. The van der Waals surface area contributed by atoms with Crippen LogP contribution in [0.1, 0.15) is 48.0 Å². The summed E-state index contributed by atoms with van der Waals surface area (Å²) in [5.74, 6) is 1.11. The zero-order valence-corrected chi connectivity index (χ0v) is 15.5. The molecule has 3 rings (SSSR count). The van der Waals surface area contributed by atoms with Crippen molar-refractivity contribution < 1.29 is 9.59 Å². The summed E-state index contributed by atoms with van der Waals surface area (Å²) in [6.45, 7) is 0.460. The van der Waals surface area contributed by atoms with Crippen molar-refractivity contribution >= 4 is 24.2 Å². The van der Waals surface area contributed by atoms with Gasteiger partial charge < -0.3 is 16.4 Å². The predicted molar refractivity (Wildman–Crippen MR) is 100 cm³/mol. The van der Waals surface area contributed by atoms with Crippen LogP contribution in [0.4, 0.5) is 0 Å². The highest BCUT2D eigenvalue weighted by molar-refractivity contribution is 5.94. The van der Waals surface area contributed by atoms with Crippen LogP contribution in [0.3, 0.4) is 0 Å². The molecule has 1 aromatic rings. The molecule has 2 atom stereocenters. The van der Waals surface area contributed by atoms with Crippen LogP contribution < -0.4 is 16.4 Å². The maximum Gasteiger partial charge on any atom is 0.251 e. The van der Waals surface area contributed by atoms with Gasteiger partial charge in [0, 0.05) is 31.1 Å². The molecule has 4 N–H and O–H groups in total. The number of nitrogens with one attached hydrogen (secondary N) is 2. The molecule has 5 nitrogen and oxygen atoms in total. The lowest BCUT2D eigenvalue weighted by Gasteiger charge is -2.43. The molecule has 2 aliphatic carbocycles. The monoisotopic (exact) mass is 365 g/mol. The van der Waals surface area contributed by atoms with Gasteiger partial charge in [-0.15, -0.1) is 12.4 Å². The van der Waals surface area contributed by atoms with Gasteiger partial charge in [-0.25, -0.2) is 0 Å². The number of hydrogen-bond acceptors (Lipinski definition) is 3. The SMILES string of the molecule is CNC(=O)c1cccc(CNC(=O)C2CC3CCCC(C2)C3N)c1.Cl. The normalized spacial score (nSPS) is 27.8. The van der Waals surface area contributed by atoms with Gasteiger partial charge >= 0.3 is 0 Å². The first kappa shape index (κ1) is 19.7. The first-order chi connectivity index (χ1) is 11.6. The molecule has 0 spiro atoms. The van der Waals surface area contributed by atoms with E-state index in [1.54, 1.807) is 13.1 Å². The topological polar surface area (TPSA) is 84.2 Å². The second kappa shape index (κ2) is 8.68. The van der Waals surface area contributed by atoms with E-state index in [9.17, 15) is 9.59 Å². The molecule has 2 fully saturated rings. The lowest BCUT2D eigenvalue weighted by Crippen LogP contribution is -2.49. The summed E-state index contributed by atoms with van der Waals surface area (Å²) in [5.41, 5.74) is 7.86. The Morgan fingerprint density at radius 2 is 1.88 bits per heavy atom. The number of benzene rings is 1. The Labute approximate surface area is 155 Å². The third-order valence-electron chi connectivity index (χ3n) is 5.67. The average Bonchev–Trinajstić information content (AvgIpc) is 2.59. The molecule has 2 amide bonds. The smallest absolute Gasteiger partial charge is 0.251 e. The lowest BCUT2D eigenvalue weighted by molar-refractivity contribution is -0.128. The Hall–Kier alpha value is -1.59. The van der Waals surface area contributed by atoms with Gasteiger partial charge in [0.25, 0.3) is 5.91 Å². The van der Waals surface area contributed by atoms with E-state index in [0.717, 1.165) is 31.2 Å². The van der Waals surface area contributed by atoms with Gasteiger partial charge in [0.05, 0.1) is 0 Å². The molecule has 2 bridgehead atoms. The van der Waals surface area contributed by atoms with Crippen LogP contribution in [0.5, 0.6) is 0 Å². The summed E-state index contributed by atoms with van der Waals surface area (Å²) >= 11 is 0. The van der Waals surface area contributed by atoms with Crippen molar-refractivity contribution in [1.29, 1.82) is 0 Å². The van der Waals surface area contributed by atoms with Crippen molar-refractivity contribution in [3.05, 3.63) is 35.4 Å². The Bertz CT molecular complexity index is 608. The molecule has 6 heteroatoms. The molecule has 0 saturated heterocycles. The van der Waals surface area contributed by atoms with E-state index in [1.165, 1.54) is 6.42 Å². The van der Waals surface area contributed by atoms with Crippen LogP contribution in [-0.4, -0.2) is 24.9 Å². The van der Waals surface area contributed by atoms with Crippen LogP contribution in [0.25, 0.3) is 0 Å². The van der Waals surface area contributed by atoms with Gasteiger partial charge in [0.2, 0.25) is 5.91 Å². The highest BCUT2D eigenvalue weighted by Crippen LogP contribution is 2.41. The van der Waals surface area contributed by atoms with E-state index in [2.05, 4.69) is 10.6 Å². The maximum atomic E-state index is 12.6. The zero-order valence-electron chi connectivity index (χ0n) is 14.7. The number of halogens is 1. The van der Waals surface area contributed by atoms with Crippen LogP contribution in [0.15, 0.2) is 24.3 Å². The Morgan fingerprint density at radius 1 is 1.20 bits per heavy atom. The van der Waals surface area contributed by atoms with Gasteiger partial charge in [-0.2, -0.15) is 0 Å². The fourth-order valence-electron chi connectivity index (χ4n) is 4.30. The van der Waals surface area contributed by atoms with Crippen molar-refractivity contribution in [1.82, 2.24) is 10.6 Å². The molecule has 0 heterocycles. The summed E-state index contributed by atoms with van der Waals surface area (Å²) < 4.78 is 0. The van der Waals surface area contributed by atoms with Crippen LogP contribution in [-0.2, 0) is 11.3 Å². The number of amides is 2. The van der Waals surface area contributed by atoms with E-state index >= 15 is 0 Å². The number of carbonyl (C=O) groups is 2. The number of carbonyl (C=O) groups excluding carboxylic acids is 2. The second-order valence-corrected chi connectivity index (χ2v) is 7.19. The Kier molecular flexibility index (Phi) is 6.85. The van der Waals surface area contributed by atoms with Gasteiger partial charge in [-0.05, 0) is 55.2 Å². The fraction of sp³-hybridized carbons (Fsp3) is 0.579. The second-order valence-electron chi connectivity index (χ2n) is 7.19. The summed E-state index contributed by atoms with van der Waals surface area (Å²) in [5, 5.41) is 5.66. The number of nitrogens with two attached hydrogens (primary N) is 1. The first-order valence-corrected chi connectivity index (χ1v) is 8.92. The van der Waals surface area contributed by atoms with Gasteiger partial charge in [0.1, 0.15) is 0 Å². The van der Waals surface area contributed by atoms with Crippen molar-refractivity contribution in [3.63, 3.8) is 0 Å². The lowest BCUT2D eigenvalue weighted by atomic mass is 9.65. The van der Waals surface area contributed by atoms with Crippen LogP contribution in [0, 0.1) is 17.8 Å². The molecule has 2 unspecified atom stereocenters. The summed E-state index contributed by atoms with van der Waals surface area (Å²) in [7, 11) is 1.61. The molecule has 0 aliphatic heterocycles. The molecule has 1 aromatic carbocycles. The summed E-state index contributed by atoms with van der Waals surface area (Å²) in [6, 6.07) is 7.65. The largest absolute Gasteiger partial charge is 0.355 e. The minimum absolute atomic E-state index is 0. The number of hydrogen-bond donors (Lipinski definition) is 3. The zero-order chi connectivity index (χ0) is 17.1. The maximum absolute atomic E-state index is 12.6. The van der Waals surface area contributed by atoms with Crippen molar-refractivity contribution in [3.8, 4) is 0 Å². The van der Waals surface area contributed by atoms with E-state index in [0.29, 0.717) is 23.9 Å². The van der Waals surface area contributed by atoms with Gasteiger partial charge in [-0.3, -0.25) is 9.59 Å². The van der Waals surface area contributed by atoms with Crippen LogP contribution >= 0.6 is 12.4 Å². The number of fused-ring (bicyclic) bond motifs is 2. The minimum Gasteiger partial charge on any atom is -0.355 e. The standard InChI is InChI=1S/C19H27N3O2.ClH/c1-21-18(23)15-7-2-4-12(8-15)11-22-19(24)16-9-13-5-3-6-14(10-16)17(13)20;/h2,4,7-8,13-14,16-17H,3,5-6,9-11,20H2,1H3,(H,21,23)(H,22,24);1H. The molecule has 2 saturated carbocycles. The van der Waals surface area contributed by atoms with Gasteiger partial charge in [0.15, 0.2) is 0 Å². The third kappa shape index (κ3) is 4.53. The molecular weight excluding hydrogens is 338 g/mol. The van der Waals surface area contributed by atoms with Crippen LogP contribution in [0.2, 0.25) is 0 Å². The first-order valence-electron chi connectivity index (χ1n) is 8.92. The quantitative estimate of drug-likeness (QED) is 0.765. The molecule has 25 heavy (non-hydrogen) atoms. The Balaban J connectivity index is 0.00000225. The minimum atomic E-state index is -0.114. The highest BCUT2D eigenvalue weighted by Gasteiger charge is 2.40. The highest BCUT2D eigenvalue weighted by atomic mass is 35.5. The van der Waals surface area contributed by atoms with Crippen molar-refractivity contribution in [2.45, 2.75) is 44.7 Å². The predicted octanol–water partition coefficient (Wildman–Crippen LogP) is 2.24. The van der Waals surface area contributed by atoms with Gasteiger partial charge in [-0.1, -0.05) is 18.6 Å². The van der Waals surface area contributed by atoms with Crippen molar-refractivity contribution in [2.24, 2.45) is 23.5 Å². The van der Waals surface area contributed by atoms with Crippen molar-refractivity contribution in [2.75, 3.05) is 7.05 Å². The van der Waals surface area contributed by atoms with E-state index in [4.69, 9.17) is 5.73 Å². The third-order valence-corrected chi connectivity index (χ3v) is 5.67. The average molecular weight is 366 g/mol. The molecular formula is C19H28ClN3O2. The van der Waals surface area contributed by atoms with E-state index < -0.39 is 0 Å². The summed E-state index contributed by atoms with van der Waals surface area (Å²) in [6.07, 6.45) is 5.42. The number of rotatable bonds is 4. The summed E-state index contributed by atoms with van der Waals surface area (Å²) in [4.78, 5) is 24.2. The molecule has 0 radical (unpaired) electrons. The van der Waals surface area contributed by atoms with E-state index in [1.807, 2.05) is 18.2 Å². The molecule has 138 valence electrons. The Morgan fingerprint density at radius 3 is 2.52 bits per heavy atom. The van der Waals surface area contributed by atoms with E-state index in [-0.39, 0.29) is 36.2 Å².